The lowest BCUT2D eigenvalue weighted by atomic mass is 10.2. The molecule has 0 bridgehead atoms. The number of carbonyl (C=O) groups is 1. The summed E-state index contributed by atoms with van der Waals surface area (Å²) in [6.07, 6.45) is 2.45. The molecule has 1 rings (SSSR count). The van der Waals surface area contributed by atoms with E-state index in [2.05, 4.69) is 37.2 Å². The Kier molecular flexibility index (Phi) is 6.58. The van der Waals surface area contributed by atoms with E-state index < -0.39 is 0 Å². The van der Waals surface area contributed by atoms with Gasteiger partial charge in [-0.25, -0.2) is 0 Å². The molecule has 0 aromatic heterocycles. The maximum absolute atomic E-state index is 11.6. The number of ether oxygens (including phenoxy) is 1. The topological polar surface area (TPSA) is 38.3 Å². The highest BCUT2D eigenvalue weighted by Crippen LogP contribution is 2.27. The summed E-state index contributed by atoms with van der Waals surface area (Å²) in [6, 6.07) is 5.49. The first-order valence-corrected chi connectivity index (χ1v) is 7.28. The van der Waals surface area contributed by atoms with Gasteiger partial charge in [-0.2, -0.15) is 0 Å². The molecule has 0 saturated heterocycles. The van der Waals surface area contributed by atoms with E-state index >= 15 is 0 Å². The number of hydrogen-bond donors (Lipinski definition) is 1. The van der Waals surface area contributed by atoms with Crippen molar-refractivity contribution in [3.63, 3.8) is 0 Å². The summed E-state index contributed by atoms with van der Waals surface area (Å²) in [4.78, 5) is 11.6. The van der Waals surface area contributed by atoms with Gasteiger partial charge < -0.3 is 10.1 Å². The summed E-state index contributed by atoms with van der Waals surface area (Å²) >= 11 is 6.70. The second kappa shape index (κ2) is 7.71. The van der Waals surface area contributed by atoms with Gasteiger partial charge in [-0.05, 0) is 40.9 Å². The SMILES string of the molecule is COc1cc(NC(=O)CCCCBr)ccc1Br. The van der Waals surface area contributed by atoms with Crippen molar-refractivity contribution in [2.24, 2.45) is 0 Å². The molecule has 5 heteroatoms. The molecule has 0 unspecified atom stereocenters. The number of amides is 1. The molecule has 17 heavy (non-hydrogen) atoms. The van der Waals surface area contributed by atoms with Crippen molar-refractivity contribution in [3.05, 3.63) is 22.7 Å². The maximum atomic E-state index is 11.6. The molecule has 0 heterocycles. The molecular weight excluding hydrogens is 350 g/mol. The van der Waals surface area contributed by atoms with Crippen LogP contribution < -0.4 is 10.1 Å². The van der Waals surface area contributed by atoms with Crippen LogP contribution in [-0.2, 0) is 4.79 Å². The van der Waals surface area contributed by atoms with Gasteiger partial charge in [0.1, 0.15) is 5.75 Å². The van der Waals surface area contributed by atoms with E-state index in [1.165, 1.54) is 0 Å². The monoisotopic (exact) mass is 363 g/mol. The Balaban J connectivity index is 2.53. The molecular formula is C12H15Br2NO2. The number of rotatable bonds is 6. The summed E-state index contributed by atoms with van der Waals surface area (Å²) in [7, 11) is 1.60. The van der Waals surface area contributed by atoms with Crippen LogP contribution in [0.15, 0.2) is 22.7 Å². The third-order valence-corrected chi connectivity index (χ3v) is 3.44. The lowest BCUT2D eigenvalue weighted by Gasteiger charge is -2.08. The number of alkyl halides is 1. The number of carbonyl (C=O) groups excluding carboxylic acids is 1. The van der Waals surface area contributed by atoms with Gasteiger partial charge in [0, 0.05) is 23.5 Å². The first-order valence-electron chi connectivity index (χ1n) is 5.36. The highest BCUT2D eigenvalue weighted by molar-refractivity contribution is 9.10. The molecule has 0 aliphatic carbocycles. The quantitative estimate of drug-likeness (QED) is 0.612. The van der Waals surface area contributed by atoms with E-state index in [9.17, 15) is 4.79 Å². The fourth-order valence-electron chi connectivity index (χ4n) is 1.34. The van der Waals surface area contributed by atoms with Gasteiger partial charge >= 0.3 is 0 Å². The van der Waals surface area contributed by atoms with Gasteiger partial charge in [0.15, 0.2) is 0 Å². The van der Waals surface area contributed by atoms with E-state index in [0.29, 0.717) is 12.2 Å². The number of anilines is 1. The van der Waals surface area contributed by atoms with Crippen LogP contribution in [0.25, 0.3) is 0 Å². The van der Waals surface area contributed by atoms with Crippen molar-refractivity contribution in [2.45, 2.75) is 19.3 Å². The molecule has 0 fully saturated rings. The van der Waals surface area contributed by atoms with Crippen LogP contribution in [0.1, 0.15) is 19.3 Å². The van der Waals surface area contributed by atoms with Gasteiger partial charge in [-0.1, -0.05) is 15.9 Å². The molecule has 1 aromatic carbocycles. The van der Waals surface area contributed by atoms with E-state index in [-0.39, 0.29) is 5.91 Å². The van der Waals surface area contributed by atoms with E-state index in [1.54, 1.807) is 13.2 Å². The normalized spacial score (nSPS) is 10.1. The molecule has 0 radical (unpaired) electrons. The third-order valence-electron chi connectivity index (χ3n) is 2.22. The minimum absolute atomic E-state index is 0.0373. The molecule has 1 N–H and O–H groups in total. The maximum Gasteiger partial charge on any atom is 0.224 e. The minimum Gasteiger partial charge on any atom is -0.495 e. The van der Waals surface area contributed by atoms with Crippen molar-refractivity contribution in [1.82, 2.24) is 0 Å². The lowest BCUT2D eigenvalue weighted by molar-refractivity contribution is -0.116. The van der Waals surface area contributed by atoms with Crippen LogP contribution in [0.4, 0.5) is 5.69 Å². The number of unbranched alkanes of at least 4 members (excludes halogenated alkanes) is 1. The van der Waals surface area contributed by atoms with Crippen LogP contribution in [0.3, 0.4) is 0 Å². The number of halogens is 2. The Labute approximate surface area is 118 Å². The van der Waals surface area contributed by atoms with Crippen LogP contribution in [-0.4, -0.2) is 18.3 Å². The summed E-state index contributed by atoms with van der Waals surface area (Å²) in [6.45, 7) is 0. The first-order chi connectivity index (χ1) is 8.17. The number of methoxy groups -OCH3 is 1. The molecule has 0 spiro atoms. The molecule has 1 aromatic rings. The molecule has 1 amide bonds. The van der Waals surface area contributed by atoms with Gasteiger partial charge in [-0.15, -0.1) is 0 Å². The van der Waals surface area contributed by atoms with Crippen LogP contribution >= 0.6 is 31.9 Å². The fraction of sp³-hybridized carbons (Fsp3) is 0.417. The van der Waals surface area contributed by atoms with E-state index in [4.69, 9.17) is 4.74 Å². The molecule has 0 aliphatic heterocycles. The number of benzene rings is 1. The first kappa shape index (κ1) is 14.5. The number of nitrogens with one attached hydrogen (secondary N) is 1. The average molecular weight is 365 g/mol. The smallest absolute Gasteiger partial charge is 0.224 e. The van der Waals surface area contributed by atoms with Gasteiger partial charge in [0.2, 0.25) is 5.91 Å². The molecule has 0 saturated carbocycles. The highest BCUT2D eigenvalue weighted by Gasteiger charge is 2.05. The van der Waals surface area contributed by atoms with Gasteiger partial charge in [0.05, 0.1) is 11.6 Å². The zero-order valence-electron chi connectivity index (χ0n) is 9.63. The zero-order valence-corrected chi connectivity index (χ0v) is 12.8. The largest absolute Gasteiger partial charge is 0.495 e. The van der Waals surface area contributed by atoms with Gasteiger partial charge in [-0.3, -0.25) is 4.79 Å². The van der Waals surface area contributed by atoms with Crippen molar-refractivity contribution in [2.75, 3.05) is 17.8 Å². The Morgan fingerprint density at radius 3 is 2.82 bits per heavy atom. The second-order valence-electron chi connectivity index (χ2n) is 3.54. The van der Waals surface area contributed by atoms with E-state index in [0.717, 1.165) is 28.3 Å². The lowest BCUT2D eigenvalue weighted by Crippen LogP contribution is -2.11. The summed E-state index contributed by atoms with van der Waals surface area (Å²) in [5, 5.41) is 3.78. The van der Waals surface area contributed by atoms with Crippen LogP contribution in [0, 0.1) is 0 Å². The standard InChI is InChI=1S/C12H15Br2NO2/c1-17-11-8-9(5-6-10(11)14)15-12(16)4-2-3-7-13/h5-6,8H,2-4,7H2,1H3,(H,15,16). The van der Waals surface area contributed by atoms with Crippen LogP contribution in [0.2, 0.25) is 0 Å². The third kappa shape index (κ3) is 5.08. The zero-order chi connectivity index (χ0) is 12.7. The Bertz CT molecular complexity index is 383. The molecule has 0 aliphatic rings. The predicted octanol–water partition coefficient (Wildman–Crippen LogP) is 3.96. The van der Waals surface area contributed by atoms with Crippen molar-refractivity contribution < 1.29 is 9.53 Å². The Morgan fingerprint density at radius 1 is 1.41 bits per heavy atom. The Hall–Kier alpha value is -0.550. The minimum atomic E-state index is 0.0373. The number of hydrogen-bond acceptors (Lipinski definition) is 2. The van der Waals surface area contributed by atoms with E-state index in [1.807, 2.05) is 12.1 Å². The van der Waals surface area contributed by atoms with Crippen molar-refractivity contribution in [1.29, 1.82) is 0 Å². The second-order valence-corrected chi connectivity index (χ2v) is 5.19. The molecule has 0 atom stereocenters. The molecule has 94 valence electrons. The summed E-state index contributed by atoms with van der Waals surface area (Å²) in [5.74, 6) is 0.749. The highest BCUT2D eigenvalue weighted by atomic mass is 79.9. The summed E-state index contributed by atoms with van der Waals surface area (Å²) < 4.78 is 6.03. The van der Waals surface area contributed by atoms with Gasteiger partial charge in [0.25, 0.3) is 0 Å². The van der Waals surface area contributed by atoms with Crippen LogP contribution in [0.5, 0.6) is 5.75 Å². The molecule has 3 nitrogen and oxygen atoms in total. The van der Waals surface area contributed by atoms with Crippen molar-refractivity contribution >= 4 is 43.5 Å². The van der Waals surface area contributed by atoms with Crippen molar-refractivity contribution in [3.8, 4) is 5.75 Å². The Morgan fingerprint density at radius 2 is 2.18 bits per heavy atom. The summed E-state index contributed by atoms with van der Waals surface area (Å²) in [5.41, 5.74) is 0.758. The predicted molar refractivity (Wildman–Crippen MR) is 77.0 cm³/mol. The fourth-order valence-corrected chi connectivity index (χ4v) is 2.15. The average Bonchev–Trinajstić information content (AvgIpc) is 2.32.